The molecule has 1 aromatic rings. The molecule has 1 heterocycles. The van der Waals surface area contributed by atoms with Gasteiger partial charge in [-0.1, -0.05) is 26.1 Å². The molecule has 0 fully saturated rings. The van der Waals surface area contributed by atoms with Gasteiger partial charge >= 0.3 is 0 Å². The van der Waals surface area contributed by atoms with E-state index in [4.69, 9.17) is 18.0 Å². The first kappa shape index (κ1) is 14.6. The van der Waals surface area contributed by atoms with Crippen LogP contribution in [0.25, 0.3) is 0 Å². The van der Waals surface area contributed by atoms with Gasteiger partial charge in [0.05, 0.1) is 23.6 Å². The Kier molecular flexibility index (Phi) is 5.27. The molecule has 0 aliphatic rings. The van der Waals surface area contributed by atoms with Gasteiger partial charge in [0.15, 0.2) is 0 Å². The molecule has 0 radical (unpaired) electrons. The lowest BCUT2D eigenvalue weighted by Crippen LogP contribution is -2.41. The van der Waals surface area contributed by atoms with E-state index in [0.29, 0.717) is 13.1 Å². The van der Waals surface area contributed by atoms with E-state index >= 15 is 0 Å². The van der Waals surface area contributed by atoms with E-state index in [1.165, 1.54) is 0 Å². The molecular weight excluding hydrogens is 248 g/mol. The summed E-state index contributed by atoms with van der Waals surface area (Å²) < 4.78 is 1.79. The fraction of sp³-hybridized carbons (Fsp3) is 0.583. The van der Waals surface area contributed by atoms with Gasteiger partial charge in [-0.15, -0.1) is 0 Å². The third kappa shape index (κ3) is 4.10. The minimum Gasteiger partial charge on any atom is -0.393 e. The van der Waals surface area contributed by atoms with E-state index in [2.05, 4.69) is 10.4 Å². The maximum absolute atomic E-state index is 11.9. The fourth-order valence-electron chi connectivity index (χ4n) is 1.75. The average molecular weight is 268 g/mol. The van der Waals surface area contributed by atoms with E-state index in [1.54, 1.807) is 10.9 Å². The number of aromatic nitrogens is 2. The molecule has 0 aromatic carbocycles. The van der Waals surface area contributed by atoms with Gasteiger partial charge in [-0.3, -0.25) is 9.48 Å². The van der Waals surface area contributed by atoms with Crippen LogP contribution in [0.3, 0.4) is 0 Å². The molecule has 3 N–H and O–H groups in total. The Morgan fingerprint density at radius 2 is 2.28 bits per heavy atom. The van der Waals surface area contributed by atoms with Crippen molar-refractivity contribution in [2.75, 3.05) is 6.54 Å². The number of aryl methyl sites for hydroxylation is 1. The van der Waals surface area contributed by atoms with Crippen LogP contribution < -0.4 is 11.1 Å². The van der Waals surface area contributed by atoms with Crippen molar-refractivity contribution < 1.29 is 4.79 Å². The number of carbonyl (C=O) groups excluding carboxylic acids is 1. The lowest BCUT2D eigenvalue weighted by atomic mass is 9.95. The van der Waals surface area contributed by atoms with Crippen molar-refractivity contribution in [3.05, 3.63) is 18.0 Å². The molecule has 18 heavy (non-hydrogen) atoms. The second-order valence-electron chi connectivity index (χ2n) is 4.70. The van der Waals surface area contributed by atoms with Gasteiger partial charge in [0.25, 0.3) is 0 Å². The summed E-state index contributed by atoms with van der Waals surface area (Å²) in [5.41, 5.74) is 6.68. The largest absolute Gasteiger partial charge is 0.393 e. The Hall–Kier alpha value is -1.43. The summed E-state index contributed by atoms with van der Waals surface area (Å²) in [6, 6.07) is 0. The minimum atomic E-state index is -0.403. The summed E-state index contributed by atoms with van der Waals surface area (Å²) in [6.45, 7) is 7.00. The first-order valence-electron chi connectivity index (χ1n) is 5.98. The Morgan fingerprint density at radius 1 is 1.61 bits per heavy atom. The molecule has 1 rings (SSSR count). The van der Waals surface area contributed by atoms with Crippen LogP contribution in [0, 0.1) is 18.8 Å². The quantitative estimate of drug-likeness (QED) is 0.751. The van der Waals surface area contributed by atoms with Crippen molar-refractivity contribution in [3.63, 3.8) is 0 Å². The van der Waals surface area contributed by atoms with Crippen LogP contribution in [0.15, 0.2) is 12.4 Å². The zero-order chi connectivity index (χ0) is 13.7. The topological polar surface area (TPSA) is 72.9 Å². The number of carbonyl (C=O) groups is 1. The number of hydrogen-bond donors (Lipinski definition) is 2. The van der Waals surface area contributed by atoms with E-state index in [0.717, 1.165) is 5.56 Å². The molecule has 0 saturated heterocycles. The number of hydrogen-bond acceptors (Lipinski definition) is 3. The van der Waals surface area contributed by atoms with E-state index in [1.807, 2.05) is 27.0 Å². The van der Waals surface area contributed by atoms with Gasteiger partial charge in [0.1, 0.15) is 0 Å². The van der Waals surface area contributed by atoms with Crippen molar-refractivity contribution in [1.29, 1.82) is 0 Å². The van der Waals surface area contributed by atoms with Crippen LogP contribution in [0.4, 0.5) is 0 Å². The van der Waals surface area contributed by atoms with Crippen molar-refractivity contribution in [2.24, 2.45) is 17.6 Å². The van der Waals surface area contributed by atoms with Crippen LogP contribution in [-0.2, 0) is 11.3 Å². The smallest absolute Gasteiger partial charge is 0.230 e. The molecular formula is C12H20N4OS. The standard InChI is InChI=1S/C12H20N4OS/c1-8(2)10(11(13)18)12(17)14-4-5-16-7-9(3)6-15-16/h6-8,10H,4-5H2,1-3H3,(H2,13,18)(H,14,17). The highest BCUT2D eigenvalue weighted by Gasteiger charge is 2.24. The SMILES string of the molecule is Cc1cnn(CCNC(=O)C(C(N)=S)C(C)C)c1. The molecule has 1 unspecified atom stereocenters. The second kappa shape index (κ2) is 6.49. The number of amides is 1. The first-order valence-corrected chi connectivity index (χ1v) is 6.38. The molecule has 1 amide bonds. The van der Waals surface area contributed by atoms with Crippen molar-refractivity contribution in [2.45, 2.75) is 27.3 Å². The van der Waals surface area contributed by atoms with Crippen LogP contribution in [0.5, 0.6) is 0 Å². The zero-order valence-corrected chi connectivity index (χ0v) is 11.8. The summed E-state index contributed by atoms with van der Waals surface area (Å²) in [5, 5.41) is 6.98. The Bertz CT molecular complexity index is 427. The summed E-state index contributed by atoms with van der Waals surface area (Å²) in [4.78, 5) is 12.2. The highest BCUT2D eigenvalue weighted by molar-refractivity contribution is 7.80. The van der Waals surface area contributed by atoms with Crippen molar-refractivity contribution in [1.82, 2.24) is 15.1 Å². The number of nitrogens with zero attached hydrogens (tertiary/aromatic N) is 2. The summed E-state index contributed by atoms with van der Waals surface area (Å²) in [5.74, 6) is -0.407. The third-order valence-corrected chi connectivity index (χ3v) is 2.91. The Balaban J connectivity index is 2.43. The van der Waals surface area contributed by atoms with Crippen molar-refractivity contribution >= 4 is 23.1 Å². The highest BCUT2D eigenvalue weighted by atomic mass is 32.1. The zero-order valence-electron chi connectivity index (χ0n) is 11.0. The normalized spacial score (nSPS) is 12.4. The van der Waals surface area contributed by atoms with Gasteiger partial charge < -0.3 is 11.1 Å². The molecule has 0 saturated carbocycles. The molecule has 0 bridgehead atoms. The summed E-state index contributed by atoms with van der Waals surface area (Å²) >= 11 is 4.92. The molecule has 5 nitrogen and oxygen atoms in total. The maximum atomic E-state index is 11.9. The van der Waals surface area contributed by atoms with Crippen LogP contribution in [0.1, 0.15) is 19.4 Å². The monoisotopic (exact) mass is 268 g/mol. The van der Waals surface area contributed by atoms with E-state index in [9.17, 15) is 4.79 Å². The van der Waals surface area contributed by atoms with Crippen LogP contribution >= 0.6 is 12.2 Å². The highest BCUT2D eigenvalue weighted by Crippen LogP contribution is 2.11. The fourth-order valence-corrected chi connectivity index (χ4v) is 2.13. The number of thiocarbonyl (C=S) groups is 1. The Morgan fingerprint density at radius 3 is 2.72 bits per heavy atom. The molecule has 100 valence electrons. The maximum Gasteiger partial charge on any atom is 0.230 e. The molecule has 1 aromatic heterocycles. The lowest BCUT2D eigenvalue weighted by Gasteiger charge is -2.18. The molecule has 0 spiro atoms. The Labute approximate surface area is 113 Å². The number of nitrogens with one attached hydrogen (secondary N) is 1. The third-order valence-electron chi connectivity index (χ3n) is 2.66. The van der Waals surface area contributed by atoms with Crippen LogP contribution in [-0.4, -0.2) is 27.2 Å². The summed E-state index contributed by atoms with van der Waals surface area (Å²) in [7, 11) is 0. The van der Waals surface area contributed by atoms with E-state index in [-0.39, 0.29) is 16.8 Å². The van der Waals surface area contributed by atoms with Crippen molar-refractivity contribution in [3.8, 4) is 0 Å². The predicted octanol–water partition coefficient (Wildman–Crippen LogP) is 0.866. The predicted molar refractivity (Wildman–Crippen MR) is 75.1 cm³/mol. The first-order chi connectivity index (χ1) is 8.41. The van der Waals surface area contributed by atoms with Gasteiger partial charge in [0.2, 0.25) is 5.91 Å². The lowest BCUT2D eigenvalue weighted by molar-refractivity contribution is -0.124. The molecule has 6 heteroatoms. The number of nitrogens with two attached hydrogens (primary N) is 1. The molecule has 0 aliphatic carbocycles. The van der Waals surface area contributed by atoms with Crippen LogP contribution in [0.2, 0.25) is 0 Å². The average Bonchev–Trinajstić information content (AvgIpc) is 2.63. The second-order valence-corrected chi connectivity index (χ2v) is 5.17. The molecule has 1 atom stereocenters. The summed E-state index contributed by atoms with van der Waals surface area (Å²) in [6.07, 6.45) is 3.72. The van der Waals surface area contributed by atoms with E-state index < -0.39 is 5.92 Å². The number of rotatable bonds is 6. The van der Waals surface area contributed by atoms with Gasteiger partial charge in [-0.2, -0.15) is 5.10 Å². The molecule has 0 aliphatic heterocycles. The van der Waals surface area contributed by atoms with Gasteiger partial charge in [-0.05, 0) is 18.4 Å². The van der Waals surface area contributed by atoms with Gasteiger partial charge in [0, 0.05) is 12.7 Å². The van der Waals surface area contributed by atoms with Gasteiger partial charge in [-0.25, -0.2) is 0 Å². The minimum absolute atomic E-state index is 0.106.